The maximum absolute atomic E-state index is 10.3. The summed E-state index contributed by atoms with van der Waals surface area (Å²) in [6, 6.07) is 0. The largest absolute Gasteiger partial charge is 0.438 e. The lowest BCUT2D eigenvalue weighted by atomic mass is 10.7. The Morgan fingerprint density at radius 3 is 2.89 bits per heavy atom. The highest BCUT2D eigenvalue weighted by Gasteiger charge is 2.03. The Labute approximate surface area is 67.1 Å². The minimum absolute atomic E-state index is 0.124. The molecule has 1 atom stereocenters. The summed E-state index contributed by atoms with van der Waals surface area (Å²) in [6.07, 6.45) is 4.90. The molecule has 1 unspecified atom stereocenters. The minimum atomic E-state index is -0.501. The summed E-state index contributed by atoms with van der Waals surface area (Å²) in [5, 5.41) is 0. The number of carbonyl (C=O) groups excluding carboxylic acids is 1. The molecular weight excluding hydrogens is 233 g/mol. The monoisotopic (exact) mass is 239 g/mol. The zero-order valence-corrected chi connectivity index (χ0v) is 6.79. The third-order valence-corrected chi connectivity index (χ3v) is 1.15. The van der Waals surface area contributed by atoms with E-state index in [1.807, 2.05) is 22.6 Å². The highest BCUT2D eigenvalue weighted by molar-refractivity contribution is 14.1. The van der Waals surface area contributed by atoms with Crippen LogP contribution in [0.15, 0.2) is 0 Å². The molecule has 0 bridgehead atoms. The molecule has 0 fully saturated rings. The van der Waals surface area contributed by atoms with Crippen molar-refractivity contribution < 1.29 is 9.53 Å². The Morgan fingerprint density at radius 1 is 2.00 bits per heavy atom. The molecule has 0 aromatic heterocycles. The summed E-state index contributed by atoms with van der Waals surface area (Å²) in [7, 11) is 0. The summed E-state index contributed by atoms with van der Waals surface area (Å²) in [6.45, 7) is -0.124. The van der Waals surface area contributed by atoms with Gasteiger partial charge in [-0.15, -0.1) is 6.42 Å². The second kappa shape index (κ2) is 4.58. The Bertz CT molecular complexity index is 140. The number of ether oxygens (including phenoxy) is 1. The van der Waals surface area contributed by atoms with Crippen molar-refractivity contribution in [3.05, 3.63) is 0 Å². The normalized spacial score (nSPS) is 11.7. The number of hydrogen-bond donors (Lipinski definition) is 1. The standard InChI is InChI=1S/C5H6INO2/c1-2-4(6)9-5(8)3-7/h1,4H,3,7H2. The van der Waals surface area contributed by atoms with Crippen LogP contribution in [-0.2, 0) is 9.53 Å². The third-order valence-electron chi connectivity index (χ3n) is 0.533. The van der Waals surface area contributed by atoms with E-state index >= 15 is 0 Å². The molecule has 0 aromatic rings. The van der Waals surface area contributed by atoms with Crippen LogP contribution in [0.4, 0.5) is 0 Å². The molecule has 0 saturated heterocycles. The number of alkyl halides is 1. The first-order valence-electron chi connectivity index (χ1n) is 2.20. The molecule has 2 N–H and O–H groups in total. The van der Waals surface area contributed by atoms with Crippen LogP contribution in [0.25, 0.3) is 0 Å². The zero-order chi connectivity index (χ0) is 7.28. The number of nitrogens with two attached hydrogens (primary N) is 1. The lowest BCUT2D eigenvalue weighted by Gasteiger charge is -2.01. The summed E-state index contributed by atoms with van der Waals surface area (Å²) in [4.78, 5) is 10.3. The molecule has 0 aromatic carbocycles. The first kappa shape index (κ1) is 8.72. The van der Waals surface area contributed by atoms with E-state index in [1.165, 1.54) is 0 Å². The fourth-order valence-corrected chi connectivity index (χ4v) is 0.481. The maximum atomic E-state index is 10.3. The Balaban J connectivity index is 3.50. The predicted molar refractivity (Wildman–Crippen MR) is 41.8 cm³/mol. The number of terminal acetylenes is 1. The molecule has 0 aliphatic carbocycles. The van der Waals surface area contributed by atoms with Crippen LogP contribution in [0.5, 0.6) is 0 Å². The number of hydrogen-bond acceptors (Lipinski definition) is 3. The molecule has 9 heavy (non-hydrogen) atoms. The van der Waals surface area contributed by atoms with Crippen molar-refractivity contribution >= 4 is 28.6 Å². The highest BCUT2D eigenvalue weighted by atomic mass is 127. The van der Waals surface area contributed by atoms with E-state index in [0.717, 1.165) is 0 Å². The van der Waals surface area contributed by atoms with Gasteiger partial charge < -0.3 is 10.5 Å². The first-order chi connectivity index (χ1) is 4.20. The molecule has 0 spiro atoms. The van der Waals surface area contributed by atoms with Gasteiger partial charge in [0.2, 0.25) is 4.11 Å². The lowest BCUT2D eigenvalue weighted by molar-refractivity contribution is -0.141. The molecule has 0 heterocycles. The Kier molecular flexibility index (Phi) is 4.44. The van der Waals surface area contributed by atoms with Gasteiger partial charge in [0, 0.05) is 0 Å². The minimum Gasteiger partial charge on any atom is -0.438 e. The molecule has 3 nitrogen and oxygen atoms in total. The van der Waals surface area contributed by atoms with Crippen molar-refractivity contribution in [2.24, 2.45) is 5.73 Å². The summed E-state index contributed by atoms with van der Waals surface area (Å²) in [5.41, 5.74) is 4.93. The van der Waals surface area contributed by atoms with E-state index in [-0.39, 0.29) is 6.54 Å². The van der Waals surface area contributed by atoms with Gasteiger partial charge in [-0.25, -0.2) is 0 Å². The van der Waals surface area contributed by atoms with Gasteiger partial charge in [0.1, 0.15) is 0 Å². The highest BCUT2D eigenvalue weighted by Crippen LogP contribution is 1.99. The summed E-state index contributed by atoms with van der Waals surface area (Å²) < 4.78 is 4.03. The predicted octanol–water partition coefficient (Wildman–Crippen LogP) is -0.117. The van der Waals surface area contributed by atoms with Crippen LogP contribution in [0, 0.1) is 12.3 Å². The van der Waals surface area contributed by atoms with Gasteiger partial charge in [0.15, 0.2) is 0 Å². The van der Waals surface area contributed by atoms with Crippen molar-refractivity contribution in [1.29, 1.82) is 0 Å². The fraction of sp³-hybridized carbons (Fsp3) is 0.400. The first-order valence-corrected chi connectivity index (χ1v) is 3.45. The smallest absolute Gasteiger partial charge is 0.321 e. The number of carbonyl (C=O) groups is 1. The number of halogens is 1. The lowest BCUT2D eigenvalue weighted by Crippen LogP contribution is -2.19. The molecule has 0 radical (unpaired) electrons. The van der Waals surface area contributed by atoms with Gasteiger partial charge >= 0.3 is 5.97 Å². The van der Waals surface area contributed by atoms with E-state index in [4.69, 9.17) is 12.2 Å². The van der Waals surface area contributed by atoms with Crippen molar-refractivity contribution in [3.63, 3.8) is 0 Å². The van der Waals surface area contributed by atoms with Crippen molar-refractivity contribution in [2.75, 3.05) is 6.54 Å². The molecule has 0 aliphatic heterocycles. The van der Waals surface area contributed by atoms with Crippen LogP contribution in [-0.4, -0.2) is 16.6 Å². The summed E-state index contributed by atoms with van der Waals surface area (Å²) in [5.74, 6) is 1.74. The van der Waals surface area contributed by atoms with Gasteiger partial charge in [-0.2, -0.15) is 0 Å². The average Bonchev–Trinajstić information content (AvgIpc) is 1.87. The van der Waals surface area contributed by atoms with Gasteiger partial charge in [0.25, 0.3) is 0 Å². The fourth-order valence-electron chi connectivity index (χ4n) is 0.198. The Morgan fingerprint density at radius 2 is 2.56 bits per heavy atom. The molecule has 0 saturated carbocycles. The molecule has 0 aliphatic rings. The number of esters is 1. The van der Waals surface area contributed by atoms with Crippen LogP contribution in [0.1, 0.15) is 0 Å². The zero-order valence-electron chi connectivity index (χ0n) is 4.63. The van der Waals surface area contributed by atoms with Crippen LogP contribution < -0.4 is 5.73 Å². The second-order valence-electron chi connectivity index (χ2n) is 1.18. The van der Waals surface area contributed by atoms with Gasteiger partial charge in [-0.05, 0) is 22.6 Å². The van der Waals surface area contributed by atoms with Crippen molar-refractivity contribution in [3.8, 4) is 12.3 Å². The molecule has 50 valence electrons. The molecular formula is C5H6INO2. The Hall–Kier alpha value is -0.280. The molecule has 0 rings (SSSR count). The van der Waals surface area contributed by atoms with Gasteiger partial charge in [-0.3, -0.25) is 4.79 Å². The maximum Gasteiger partial charge on any atom is 0.321 e. The van der Waals surface area contributed by atoms with Crippen molar-refractivity contribution in [2.45, 2.75) is 4.11 Å². The topological polar surface area (TPSA) is 52.3 Å². The van der Waals surface area contributed by atoms with Crippen LogP contribution in [0.2, 0.25) is 0 Å². The van der Waals surface area contributed by atoms with Gasteiger partial charge in [0.05, 0.1) is 6.54 Å². The average molecular weight is 239 g/mol. The molecule has 4 heteroatoms. The van der Waals surface area contributed by atoms with E-state index < -0.39 is 10.1 Å². The van der Waals surface area contributed by atoms with Gasteiger partial charge in [-0.1, -0.05) is 5.92 Å². The quantitative estimate of drug-likeness (QED) is 0.316. The molecule has 0 amide bonds. The van der Waals surface area contributed by atoms with E-state index in [9.17, 15) is 4.79 Å². The number of rotatable bonds is 2. The third kappa shape index (κ3) is 4.24. The van der Waals surface area contributed by atoms with E-state index in [0.29, 0.717) is 0 Å². The summed E-state index contributed by atoms with van der Waals surface area (Å²) >= 11 is 1.81. The van der Waals surface area contributed by atoms with E-state index in [2.05, 4.69) is 10.7 Å². The van der Waals surface area contributed by atoms with Crippen molar-refractivity contribution in [1.82, 2.24) is 0 Å². The van der Waals surface area contributed by atoms with Crippen LogP contribution >= 0.6 is 22.6 Å². The SMILES string of the molecule is C#CC(I)OC(=O)CN. The van der Waals surface area contributed by atoms with E-state index in [1.54, 1.807) is 0 Å². The van der Waals surface area contributed by atoms with Crippen LogP contribution in [0.3, 0.4) is 0 Å². The second-order valence-corrected chi connectivity index (χ2v) is 2.31.